The number of hydrogen-bond acceptors (Lipinski definition) is 4. The van der Waals surface area contributed by atoms with Gasteiger partial charge in [0.1, 0.15) is 5.75 Å². The number of carbonyl (C=O) groups excluding carboxylic acids is 2. The largest absolute Gasteiger partial charge is 0.497 e. The van der Waals surface area contributed by atoms with Gasteiger partial charge in [0.2, 0.25) is 0 Å². The van der Waals surface area contributed by atoms with E-state index in [2.05, 4.69) is 5.32 Å². The molecule has 2 aliphatic rings. The molecule has 2 heterocycles. The van der Waals surface area contributed by atoms with E-state index >= 15 is 0 Å². The smallest absolute Gasteiger partial charge is 0.323 e. The molecule has 5 rings (SSSR count). The van der Waals surface area contributed by atoms with E-state index in [1.54, 1.807) is 23.0 Å². The fraction of sp³-hybridized carbons (Fsp3) is 0.231. The minimum Gasteiger partial charge on any atom is -0.497 e. The number of para-hydroxylation sites is 1. The van der Waals surface area contributed by atoms with Crippen molar-refractivity contribution in [3.63, 3.8) is 0 Å². The second kappa shape index (κ2) is 8.89. The number of urea groups is 1. The molecule has 1 unspecified atom stereocenters. The van der Waals surface area contributed by atoms with Crippen LogP contribution < -0.4 is 15.0 Å². The van der Waals surface area contributed by atoms with Gasteiger partial charge in [0, 0.05) is 28.6 Å². The summed E-state index contributed by atoms with van der Waals surface area (Å²) in [6.45, 7) is 2.76. The molecule has 0 bridgehead atoms. The second-order valence-corrected chi connectivity index (χ2v) is 9.99. The first kappa shape index (κ1) is 22.6. The molecule has 6 nitrogen and oxygen atoms in total. The standard InChI is InChI=1S/C26H24ClN3O3S/c1-17-10-11-19(15-22(17)27)28-25(32)30-12-13-34-26(30)21-8-3-4-9-23(21)29(24(26)31)16-18-6-5-7-20(14-18)33-2/h3-11,14-15H,12-13,16H2,1-2H3,(H,28,32). The van der Waals surface area contributed by atoms with E-state index in [0.29, 0.717) is 29.6 Å². The minimum atomic E-state index is -1.10. The monoisotopic (exact) mass is 493 g/mol. The number of benzene rings is 3. The number of aryl methyl sites for hydroxylation is 1. The van der Waals surface area contributed by atoms with Gasteiger partial charge in [0.25, 0.3) is 5.91 Å². The zero-order valence-electron chi connectivity index (χ0n) is 18.9. The van der Waals surface area contributed by atoms with E-state index in [9.17, 15) is 9.59 Å². The summed E-state index contributed by atoms with van der Waals surface area (Å²) in [5, 5.41) is 3.51. The van der Waals surface area contributed by atoms with Crippen molar-refractivity contribution < 1.29 is 14.3 Å². The highest BCUT2D eigenvalue weighted by atomic mass is 35.5. The van der Waals surface area contributed by atoms with Gasteiger partial charge in [-0.15, -0.1) is 11.8 Å². The number of amides is 3. The van der Waals surface area contributed by atoms with Crippen LogP contribution in [0.15, 0.2) is 66.7 Å². The highest BCUT2D eigenvalue weighted by Gasteiger charge is 2.59. The van der Waals surface area contributed by atoms with Gasteiger partial charge in [-0.1, -0.05) is 48.0 Å². The first-order valence-corrected chi connectivity index (χ1v) is 12.3. The topological polar surface area (TPSA) is 61.9 Å². The van der Waals surface area contributed by atoms with Gasteiger partial charge in [-0.05, 0) is 48.4 Å². The normalized spacial score (nSPS) is 19.0. The summed E-state index contributed by atoms with van der Waals surface area (Å²) in [6, 6.07) is 20.5. The van der Waals surface area contributed by atoms with Crippen molar-refractivity contribution in [3.05, 3.63) is 88.4 Å². The van der Waals surface area contributed by atoms with Crippen molar-refractivity contribution in [1.29, 1.82) is 0 Å². The highest BCUT2D eigenvalue weighted by molar-refractivity contribution is 8.01. The molecule has 0 aliphatic carbocycles. The lowest BCUT2D eigenvalue weighted by atomic mass is 10.1. The lowest BCUT2D eigenvalue weighted by Gasteiger charge is -2.33. The number of hydrogen-bond donors (Lipinski definition) is 1. The molecule has 8 heteroatoms. The lowest BCUT2D eigenvalue weighted by molar-refractivity contribution is -0.123. The predicted octanol–water partition coefficient (Wildman–Crippen LogP) is 5.64. The molecule has 1 N–H and O–H groups in total. The average molecular weight is 494 g/mol. The molecule has 0 aromatic heterocycles. The zero-order chi connectivity index (χ0) is 23.9. The fourth-order valence-corrected chi connectivity index (χ4v) is 6.18. The number of anilines is 2. The summed E-state index contributed by atoms with van der Waals surface area (Å²) < 4.78 is 5.35. The lowest BCUT2D eigenvalue weighted by Crippen LogP contribution is -2.51. The molecule has 3 aromatic carbocycles. The Morgan fingerprint density at radius 2 is 1.97 bits per heavy atom. The molecular formula is C26H24ClN3O3S. The first-order valence-electron chi connectivity index (χ1n) is 11.0. The maximum Gasteiger partial charge on any atom is 0.323 e. The van der Waals surface area contributed by atoms with Gasteiger partial charge in [-0.2, -0.15) is 0 Å². The number of ether oxygens (including phenoxy) is 1. The molecule has 174 valence electrons. The summed E-state index contributed by atoms with van der Waals surface area (Å²) in [7, 11) is 1.62. The third-order valence-electron chi connectivity index (χ3n) is 6.24. The van der Waals surface area contributed by atoms with Crippen LogP contribution in [0.5, 0.6) is 5.75 Å². The van der Waals surface area contributed by atoms with Crippen LogP contribution in [0.1, 0.15) is 16.7 Å². The van der Waals surface area contributed by atoms with Gasteiger partial charge < -0.3 is 15.0 Å². The SMILES string of the molecule is COc1cccc(CN2C(=O)C3(SCCN3C(=O)Nc3ccc(C)c(Cl)c3)c3ccccc32)c1. The van der Waals surface area contributed by atoms with Crippen LogP contribution in [0.4, 0.5) is 16.2 Å². The molecule has 1 atom stereocenters. The number of methoxy groups -OCH3 is 1. The Labute approximate surface area is 207 Å². The summed E-state index contributed by atoms with van der Waals surface area (Å²) in [4.78, 5) is 29.8. The van der Waals surface area contributed by atoms with Gasteiger partial charge in [-0.3, -0.25) is 9.69 Å². The molecule has 0 radical (unpaired) electrons. The summed E-state index contributed by atoms with van der Waals surface area (Å²) in [5.74, 6) is 1.28. The number of rotatable bonds is 4. The van der Waals surface area contributed by atoms with E-state index in [4.69, 9.17) is 16.3 Å². The highest BCUT2D eigenvalue weighted by Crippen LogP contribution is 2.54. The van der Waals surface area contributed by atoms with Crippen molar-refractivity contribution >= 4 is 46.7 Å². The van der Waals surface area contributed by atoms with Crippen molar-refractivity contribution in [1.82, 2.24) is 4.90 Å². The molecule has 3 aromatic rings. The minimum absolute atomic E-state index is 0.115. The molecule has 1 saturated heterocycles. The zero-order valence-corrected chi connectivity index (χ0v) is 20.4. The molecule has 3 amide bonds. The van der Waals surface area contributed by atoms with Crippen LogP contribution in [0, 0.1) is 6.92 Å². The third kappa shape index (κ3) is 3.69. The Hall–Kier alpha value is -3.16. The van der Waals surface area contributed by atoms with Crippen LogP contribution in [0.2, 0.25) is 5.02 Å². The summed E-state index contributed by atoms with van der Waals surface area (Å²) in [5.41, 5.74) is 4.14. The van der Waals surface area contributed by atoms with Crippen LogP contribution in [-0.4, -0.2) is 36.2 Å². The van der Waals surface area contributed by atoms with Crippen LogP contribution >= 0.6 is 23.4 Å². The average Bonchev–Trinajstić information content (AvgIpc) is 3.39. The molecule has 1 fully saturated rings. The van der Waals surface area contributed by atoms with E-state index in [1.165, 1.54) is 11.8 Å². The Morgan fingerprint density at radius 3 is 2.76 bits per heavy atom. The van der Waals surface area contributed by atoms with Gasteiger partial charge in [-0.25, -0.2) is 4.79 Å². The Morgan fingerprint density at radius 1 is 1.15 bits per heavy atom. The van der Waals surface area contributed by atoms with Gasteiger partial charge in [0.15, 0.2) is 4.87 Å². The van der Waals surface area contributed by atoms with Gasteiger partial charge >= 0.3 is 6.03 Å². The second-order valence-electron chi connectivity index (χ2n) is 8.30. The Kier molecular flexibility index (Phi) is 5.91. The summed E-state index contributed by atoms with van der Waals surface area (Å²) >= 11 is 7.75. The number of nitrogens with one attached hydrogen (secondary N) is 1. The Balaban J connectivity index is 1.49. The molecule has 34 heavy (non-hydrogen) atoms. The van der Waals surface area contributed by atoms with Crippen LogP contribution in [0.3, 0.4) is 0 Å². The summed E-state index contributed by atoms with van der Waals surface area (Å²) in [6.07, 6.45) is 0. The Bertz CT molecular complexity index is 1280. The molecule has 2 aliphatic heterocycles. The van der Waals surface area contributed by atoms with Crippen LogP contribution in [-0.2, 0) is 16.2 Å². The molecule has 1 spiro atoms. The van der Waals surface area contributed by atoms with E-state index in [-0.39, 0.29) is 11.9 Å². The van der Waals surface area contributed by atoms with E-state index in [1.807, 2.05) is 67.6 Å². The van der Waals surface area contributed by atoms with Crippen LogP contribution in [0.25, 0.3) is 0 Å². The van der Waals surface area contributed by atoms with Gasteiger partial charge in [0.05, 0.1) is 19.3 Å². The third-order valence-corrected chi connectivity index (χ3v) is 8.07. The van der Waals surface area contributed by atoms with Crippen molar-refractivity contribution in [2.24, 2.45) is 0 Å². The molecule has 0 saturated carbocycles. The van der Waals surface area contributed by atoms with E-state index in [0.717, 1.165) is 28.1 Å². The predicted molar refractivity (Wildman–Crippen MR) is 137 cm³/mol. The molecular weight excluding hydrogens is 470 g/mol. The number of carbonyl (C=O) groups is 2. The van der Waals surface area contributed by atoms with Crippen molar-refractivity contribution in [2.75, 3.05) is 29.6 Å². The number of fused-ring (bicyclic) bond motifs is 2. The fourth-order valence-electron chi connectivity index (χ4n) is 4.54. The maximum absolute atomic E-state index is 14.0. The number of nitrogens with zero attached hydrogens (tertiary/aromatic N) is 2. The quantitative estimate of drug-likeness (QED) is 0.511. The first-order chi connectivity index (χ1) is 16.4. The van der Waals surface area contributed by atoms with Crippen molar-refractivity contribution in [2.45, 2.75) is 18.3 Å². The number of thioether (sulfide) groups is 1. The number of halogens is 1. The van der Waals surface area contributed by atoms with E-state index < -0.39 is 4.87 Å². The van der Waals surface area contributed by atoms with Crippen molar-refractivity contribution in [3.8, 4) is 5.75 Å². The maximum atomic E-state index is 14.0.